The fraction of sp³-hybridized carbons (Fsp3) is 0.933. The van der Waals surface area contributed by atoms with Gasteiger partial charge in [-0.3, -0.25) is 9.69 Å². The molecule has 0 bridgehead atoms. The van der Waals surface area contributed by atoms with Gasteiger partial charge in [-0.15, -0.1) is 0 Å². The fourth-order valence-electron chi connectivity index (χ4n) is 2.95. The number of nitrogens with two attached hydrogens (primary N) is 1. The molecule has 0 heterocycles. The summed E-state index contributed by atoms with van der Waals surface area (Å²) in [5, 5.41) is 3.09. The third-order valence-electron chi connectivity index (χ3n) is 4.14. The molecular formula is C15H31N3O. The van der Waals surface area contributed by atoms with E-state index < -0.39 is 0 Å². The Hall–Kier alpha value is -0.610. The van der Waals surface area contributed by atoms with E-state index in [0.29, 0.717) is 18.1 Å². The number of rotatable bonds is 6. The molecule has 1 saturated carbocycles. The highest BCUT2D eigenvalue weighted by Gasteiger charge is 2.24. The van der Waals surface area contributed by atoms with E-state index in [1.165, 1.54) is 0 Å². The zero-order valence-corrected chi connectivity index (χ0v) is 13.0. The molecule has 0 atom stereocenters. The minimum Gasteiger partial charge on any atom is -0.355 e. The Morgan fingerprint density at radius 3 is 2.16 bits per heavy atom. The predicted molar refractivity (Wildman–Crippen MR) is 79.9 cm³/mol. The summed E-state index contributed by atoms with van der Waals surface area (Å²) in [7, 11) is 0. The molecule has 1 rings (SSSR count). The Bertz CT molecular complexity index is 263. The summed E-state index contributed by atoms with van der Waals surface area (Å²) in [4.78, 5) is 14.5. The van der Waals surface area contributed by atoms with E-state index in [2.05, 4.69) is 37.9 Å². The highest BCUT2D eigenvalue weighted by Crippen LogP contribution is 2.23. The molecule has 0 aromatic carbocycles. The average molecular weight is 269 g/mol. The summed E-state index contributed by atoms with van der Waals surface area (Å²) < 4.78 is 0. The third kappa shape index (κ3) is 5.49. The zero-order chi connectivity index (χ0) is 14.4. The van der Waals surface area contributed by atoms with Crippen molar-refractivity contribution in [2.24, 2.45) is 11.7 Å². The van der Waals surface area contributed by atoms with Gasteiger partial charge in [0.1, 0.15) is 0 Å². The monoisotopic (exact) mass is 269 g/mol. The van der Waals surface area contributed by atoms with Crippen LogP contribution in [-0.4, -0.2) is 42.0 Å². The Morgan fingerprint density at radius 1 is 1.16 bits per heavy atom. The van der Waals surface area contributed by atoms with Crippen LogP contribution in [0, 0.1) is 5.92 Å². The molecule has 0 unspecified atom stereocenters. The van der Waals surface area contributed by atoms with Gasteiger partial charge in [0, 0.05) is 37.1 Å². The van der Waals surface area contributed by atoms with E-state index in [-0.39, 0.29) is 11.8 Å². The molecule has 1 fully saturated rings. The van der Waals surface area contributed by atoms with Crippen LogP contribution in [0.3, 0.4) is 0 Å². The minimum atomic E-state index is 0.186. The van der Waals surface area contributed by atoms with Gasteiger partial charge >= 0.3 is 0 Å². The molecule has 0 spiro atoms. The number of amides is 1. The molecule has 0 saturated heterocycles. The van der Waals surface area contributed by atoms with Crippen molar-refractivity contribution in [3.05, 3.63) is 0 Å². The van der Waals surface area contributed by atoms with Crippen LogP contribution < -0.4 is 11.1 Å². The predicted octanol–water partition coefficient (Wildman–Crippen LogP) is 1.74. The summed E-state index contributed by atoms with van der Waals surface area (Å²) in [5.41, 5.74) is 5.87. The standard InChI is InChI=1S/C15H31N3O/c1-11(2)18(12(3)4)10-9-17-15(19)13-5-7-14(16)8-6-13/h11-14H,5-10,16H2,1-4H3,(H,17,19). The Kier molecular flexibility index (Phi) is 6.80. The summed E-state index contributed by atoms with van der Waals surface area (Å²) in [6.45, 7) is 10.5. The van der Waals surface area contributed by atoms with Gasteiger partial charge in [0.15, 0.2) is 0 Å². The van der Waals surface area contributed by atoms with Crippen molar-refractivity contribution < 1.29 is 4.79 Å². The first kappa shape index (κ1) is 16.4. The zero-order valence-electron chi connectivity index (χ0n) is 13.0. The maximum Gasteiger partial charge on any atom is 0.223 e. The first-order valence-electron chi connectivity index (χ1n) is 7.70. The van der Waals surface area contributed by atoms with Gasteiger partial charge in [0.25, 0.3) is 0 Å². The van der Waals surface area contributed by atoms with E-state index >= 15 is 0 Å². The topological polar surface area (TPSA) is 58.4 Å². The Labute approximate surface area is 118 Å². The number of hydrogen-bond acceptors (Lipinski definition) is 3. The van der Waals surface area contributed by atoms with E-state index in [4.69, 9.17) is 5.73 Å². The minimum absolute atomic E-state index is 0.186. The van der Waals surface area contributed by atoms with Crippen molar-refractivity contribution in [2.75, 3.05) is 13.1 Å². The number of nitrogens with one attached hydrogen (secondary N) is 1. The number of nitrogens with zero attached hydrogens (tertiary/aromatic N) is 1. The first-order valence-corrected chi connectivity index (χ1v) is 7.70. The molecule has 3 N–H and O–H groups in total. The van der Waals surface area contributed by atoms with Gasteiger partial charge in [-0.05, 0) is 53.4 Å². The lowest BCUT2D eigenvalue weighted by atomic mass is 9.86. The number of carbonyl (C=O) groups excluding carboxylic acids is 1. The Morgan fingerprint density at radius 2 is 1.68 bits per heavy atom. The van der Waals surface area contributed by atoms with Crippen molar-refractivity contribution >= 4 is 5.91 Å². The Balaban J connectivity index is 2.26. The van der Waals surface area contributed by atoms with Crippen LogP contribution in [0.25, 0.3) is 0 Å². The number of hydrogen-bond donors (Lipinski definition) is 2. The molecule has 0 aliphatic heterocycles. The molecule has 4 heteroatoms. The second-order valence-corrected chi connectivity index (χ2v) is 6.33. The van der Waals surface area contributed by atoms with Crippen molar-refractivity contribution in [1.82, 2.24) is 10.2 Å². The second kappa shape index (κ2) is 7.85. The lowest BCUT2D eigenvalue weighted by Crippen LogP contribution is -2.44. The van der Waals surface area contributed by atoms with Crippen LogP contribution in [-0.2, 0) is 4.79 Å². The lowest BCUT2D eigenvalue weighted by Gasteiger charge is -2.31. The van der Waals surface area contributed by atoms with Crippen LogP contribution in [0.15, 0.2) is 0 Å². The van der Waals surface area contributed by atoms with Gasteiger partial charge in [0.05, 0.1) is 0 Å². The molecule has 4 nitrogen and oxygen atoms in total. The van der Waals surface area contributed by atoms with E-state index in [9.17, 15) is 4.79 Å². The normalized spacial score (nSPS) is 24.2. The van der Waals surface area contributed by atoms with Crippen molar-refractivity contribution in [3.63, 3.8) is 0 Å². The molecule has 112 valence electrons. The average Bonchev–Trinajstić information content (AvgIpc) is 2.34. The molecule has 0 aromatic rings. The molecule has 1 aliphatic carbocycles. The fourth-order valence-corrected chi connectivity index (χ4v) is 2.95. The maximum atomic E-state index is 12.1. The van der Waals surface area contributed by atoms with E-state index in [0.717, 1.165) is 38.8 Å². The molecule has 0 radical (unpaired) electrons. The summed E-state index contributed by atoms with van der Waals surface area (Å²) in [6, 6.07) is 1.34. The third-order valence-corrected chi connectivity index (χ3v) is 4.14. The van der Waals surface area contributed by atoms with Crippen LogP contribution in [0.2, 0.25) is 0 Å². The van der Waals surface area contributed by atoms with Crippen LogP contribution in [0.4, 0.5) is 0 Å². The maximum absolute atomic E-state index is 12.1. The largest absolute Gasteiger partial charge is 0.355 e. The molecule has 1 aliphatic rings. The highest BCUT2D eigenvalue weighted by atomic mass is 16.1. The quantitative estimate of drug-likeness (QED) is 0.772. The van der Waals surface area contributed by atoms with E-state index in [1.54, 1.807) is 0 Å². The highest BCUT2D eigenvalue weighted by molar-refractivity contribution is 5.78. The van der Waals surface area contributed by atoms with Gasteiger partial charge in [-0.2, -0.15) is 0 Å². The number of carbonyl (C=O) groups is 1. The summed E-state index contributed by atoms with van der Waals surface area (Å²) in [6.07, 6.45) is 3.88. The van der Waals surface area contributed by atoms with Crippen LogP contribution >= 0.6 is 0 Å². The van der Waals surface area contributed by atoms with Crippen molar-refractivity contribution in [2.45, 2.75) is 71.5 Å². The molecule has 19 heavy (non-hydrogen) atoms. The van der Waals surface area contributed by atoms with Gasteiger partial charge in [-0.25, -0.2) is 0 Å². The summed E-state index contributed by atoms with van der Waals surface area (Å²) >= 11 is 0. The summed E-state index contributed by atoms with van der Waals surface area (Å²) in [5.74, 6) is 0.408. The smallest absolute Gasteiger partial charge is 0.223 e. The molecule has 0 aromatic heterocycles. The second-order valence-electron chi connectivity index (χ2n) is 6.33. The lowest BCUT2D eigenvalue weighted by molar-refractivity contribution is -0.126. The molecular weight excluding hydrogens is 238 g/mol. The van der Waals surface area contributed by atoms with Gasteiger partial charge in [-0.1, -0.05) is 0 Å². The van der Waals surface area contributed by atoms with Crippen LogP contribution in [0.1, 0.15) is 53.4 Å². The first-order chi connectivity index (χ1) is 8.91. The molecule has 1 amide bonds. The SMILES string of the molecule is CC(C)N(CCNC(=O)C1CCC(N)CC1)C(C)C. The van der Waals surface area contributed by atoms with Crippen molar-refractivity contribution in [3.8, 4) is 0 Å². The van der Waals surface area contributed by atoms with Gasteiger partial charge in [0.2, 0.25) is 5.91 Å². The van der Waals surface area contributed by atoms with E-state index in [1.807, 2.05) is 0 Å². The van der Waals surface area contributed by atoms with Crippen LogP contribution in [0.5, 0.6) is 0 Å². The van der Waals surface area contributed by atoms with Gasteiger partial charge < -0.3 is 11.1 Å². The van der Waals surface area contributed by atoms with Crippen molar-refractivity contribution in [1.29, 1.82) is 0 Å².